The van der Waals surface area contributed by atoms with Crippen molar-refractivity contribution >= 4 is 34.6 Å². The second-order valence-corrected chi connectivity index (χ2v) is 3.37. The van der Waals surface area contributed by atoms with E-state index in [0.717, 1.165) is 12.1 Å². The van der Waals surface area contributed by atoms with Gasteiger partial charge in [0.05, 0.1) is 10.6 Å². The number of alkyl halides is 2. The quantitative estimate of drug-likeness (QED) is 0.496. The smallest absolute Gasteiger partial charge is 0.315 e. The first-order chi connectivity index (χ1) is 7.82. The lowest BCUT2D eigenvalue weighted by Crippen LogP contribution is -2.21. The van der Waals surface area contributed by atoms with Gasteiger partial charge in [-0.2, -0.15) is 8.78 Å². The molecule has 0 spiro atoms. The summed E-state index contributed by atoms with van der Waals surface area (Å²) in [6.07, 6.45) is -3.26. The summed E-state index contributed by atoms with van der Waals surface area (Å²) in [6.45, 7) is 0. The van der Waals surface area contributed by atoms with Crippen molar-refractivity contribution in [3.8, 4) is 0 Å². The van der Waals surface area contributed by atoms with Crippen LogP contribution in [0.1, 0.15) is 0 Å². The lowest BCUT2D eigenvalue weighted by Gasteiger charge is -2.08. The molecule has 1 aromatic carbocycles. The third-order valence-electron chi connectivity index (χ3n) is 1.78. The predicted octanol–water partition coefficient (Wildman–Crippen LogP) is 2.03. The van der Waals surface area contributed by atoms with Crippen LogP contribution in [0.5, 0.6) is 0 Å². The number of carbonyl (C=O) groups excluding carboxylic acids is 1. The molecular weight excluding hydrogens is 260 g/mol. The van der Waals surface area contributed by atoms with Crippen LogP contribution in [0, 0.1) is 10.1 Å². The minimum Gasteiger partial charge on any atom is -0.391 e. The topological polar surface area (TPSA) is 98.3 Å². The van der Waals surface area contributed by atoms with Crippen LogP contribution in [0.2, 0.25) is 5.02 Å². The number of carbonyl (C=O) groups is 1. The van der Waals surface area contributed by atoms with Gasteiger partial charge in [-0.05, 0) is 6.07 Å². The molecule has 0 aliphatic carbocycles. The highest BCUT2D eigenvalue weighted by molar-refractivity contribution is 6.31. The molecule has 0 aliphatic rings. The fourth-order valence-electron chi connectivity index (χ4n) is 1.05. The third kappa shape index (κ3) is 3.00. The fraction of sp³-hybridized carbons (Fsp3) is 0.125. The Morgan fingerprint density at radius 1 is 1.53 bits per heavy atom. The molecule has 6 nitrogen and oxygen atoms in total. The molecule has 17 heavy (non-hydrogen) atoms. The van der Waals surface area contributed by atoms with Crippen LogP contribution in [0.3, 0.4) is 0 Å². The van der Waals surface area contributed by atoms with Crippen LogP contribution in [0.25, 0.3) is 0 Å². The summed E-state index contributed by atoms with van der Waals surface area (Å²) in [5.74, 6) is -1.62. The molecule has 1 amide bonds. The molecule has 9 heteroatoms. The van der Waals surface area contributed by atoms with E-state index >= 15 is 0 Å². The summed E-state index contributed by atoms with van der Waals surface area (Å²) in [6, 6.07) is 2.00. The molecule has 0 radical (unpaired) electrons. The van der Waals surface area contributed by atoms with E-state index in [4.69, 9.17) is 17.3 Å². The van der Waals surface area contributed by atoms with Crippen molar-refractivity contribution in [3.05, 3.63) is 27.3 Å². The number of rotatable bonds is 3. The van der Waals surface area contributed by atoms with Crippen molar-refractivity contribution in [3.63, 3.8) is 0 Å². The highest BCUT2D eigenvalue weighted by Gasteiger charge is 2.21. The SMILES string of the molecule is Nc1c(NC(=O)C(F)F)cc(Cl)cc1[N+](=O)[O-]. The Morgan fingerprint density at radius 3 is 2.59 bits per heavy atom. The van der Waals surface area contributed by atoms with Gasteiger partial charge in [-0.25, -0.2) is 0 Å². The van der Waals surface area contributed by atoms with Gasteiger partial charge in [-0.1, -0.05) is 11.6 Å². The van der Waals surface area contributed by atoms with Crippen LogP contribution in [-0.2, 0) is 4.79 Å². The van der Waals surface area contributed by atoms with E-state index in [2.05, 4.69) is 0 Å². The van der Waals surface area contributed by atoms with Crippen molar-refractivity contribution in [2.24, 2.45) is 0 Å². The summed E-state index contributed by atoms with van der Waals surface area (Å²) in [7, 11) is 0. The minimum absolute atomic E-state index is 0.101. The van der Waals surface area contributed by atoms with Crippen LogP contribution >= 0.6 is 11.6 Å². The Morgan fingerprint density at radius 2 is 2.12 bits per heavy atom. The molecule has 1 rings (SSSR count). The molecule has 0 aliphatic heterocycles. The van der Waals surface area contributed by atoms with Crippen molar-refractivity contribution in [2.75, 3.05) is 11.1 Å². The summed E-state index contributed by atoms with van der Waals surface area (Å²) in [5, 5.41) is 12.2. The summed E-state index contributed by atoms with van der Waals surface area (Å²) in [5.41, 5.74) is 4.01. The Labute approximate surface area is 98.5 Å². The predicted molar refractivity (Wildman–Crippen MR) is 57.2 cm³/mol. The minimum atomic E-state index is -3.26. The van der Waals surface area contributed by atoms with E-state index in [0.29, 0.717) is 0 Å². The molecule has 0 saturated heterocycles. The van der Waals surface area contributed by atoms with E-state index in [1.807, 2.05) is 0 Å². The number of hydrogen-bond acceptors (Lipinski definition) is 4. The number of hydrogen-bond donors (Lipinski definition) is 2. The van der Waals surface area contributed by atoms with Crippen molar-refractivity contribution < 1.29 is 18.5 Å². The Hall–Kier alpha value is -1.96. The van der Waals surface area contributed by atoms with E-state index < -0.39 is 28.6 Å². The molecule has 0 saturated carbocycles. The van der Waals surface area contributed by atoms with Gasteiger partial charge in [0.2, 0.25) is 0 Å². The first-order valence-electron chi connectivity index (χ1n) is 4.15. The first-order valence-corrected chi connectivity index (χ1v) is 4.53. The number of nitrogen functional groups attached to an aromatic ring is 1. The highest BCUT2D eigenvalue weighted by Crippen LogP contribution is 2.33. The first kappa shape index (κ1) is 13.1. The number of amides is 1. The Balaban J connectivity index is 3.16. The van der Waals surface area contributed by atoms with Crippen molar-refractivity contribution in [1.29, 1.82) is 0 Å². The van der Waals surface area contributed by atoms with Gasteiger partial charge in [0.1, 0.15) is 5.69 Å². The van der Waals surface area contributed by atoms with Gasteiger partial charge >= 0.3 is 6.43 Å². The number of anilines is 2. The molecule has 0 bridgehead atoms. The maximum absolute atomic E-state index is 12.0. The van der Waals surface area contributed by atoms with Gasteiger partial charge in [-0.15, -0.1) is 0 Å². The number of nitrogens with two attached hydrogens (primary N) is 1. The molecule has 3 N–H and O–H groups in total. The lowest BCUT2D eigenvalue weighted by molar-refractivity contribution is -0.383. The standard InChI is InChI=1S/C8H6ClF2N3O3/c9-3-1-4(13-8(15)7(10)11)6(12)5(2-3)14(16)17/h1-2,7H,12H2,(H,13,15). The zero-order chi connectivity index (χ0) is 13.2. The number of nitrogens with zero attached hydrogens (tertiary/aromatic N) is 1. The molecule has 0 unspecified atom stereocenters. The second kappa shape index (κ2) is 4.91. The summed E-state index contributed by atoms with van der Waals surface area (Å²) in [4.78, 5) is 20.4. The molecular formula is C8H6ClF2N3O3. The van der Waals surface area contributed by atoms with E-state index in [9.17, 15) is 23.7 Å². The average molecular weight is 266 g/mol. The number of nitrogens with one attached hydrogen (secondary N) is 1. The molecule has 0 atom stereocenters. The number of benzene rings is 1. The van der Waals surface area contributed by atoms with E-state index in [1.165, 1.54) is 0 Å². The Kier molecular flexibility index (Phi) is 3.79. The van der Waals surface area contributed by atoms with Crippen LogP contribution in [0.4, 0.5) is 25.8 Å². The normalized spacial score (nSPS) is 10.4. The van der Waals surface area contributed by atoms with Gasteiger partial charge in [0.25, 0.3) is 11.6 Å². The van der Waals surface area contributed by atoms with Gasteiger partial charge < -0.3 is 11.1 Å². The Bertz CT molecular complexity index is 481. The van der Waals surface area contributed by atoms with Crippen LogP contribution in [-0.4, -0.2) is 17.3 Å². The summed E-state index contributed by atoms with van der Waals surface area (Å²) >= 11 is 5.53. The molecule has 0 heterocycles. The van der Waals surface area contributed by atoms with Gasteiger partial charge in [-0.3, -0.25) is 14.9 Å². The third-order valence-corrected chi connectivity index (χ3v) is 1.99. The molecule has 0 fully saturated rings. The maximum atomic E-state index is 12.0. The van der Waals surface area contributed by atoms with Crippen LogP contribution in [0.15, 0.2) is 12.1 Å². The van der Waals surface area contributed by atoms with E-state index in [1.54, 1.807) is 5.32 Å². The molecule has 0 aromatic heterocycles. The highest BCUT2D eigenvalue weighted by atomic mass is 35.5. The number of nitro groups is 1. The van der Waals surface area contributed by atoms with Gasteiger partial charge in [0, 0.05) is 11.1 Å². The van der Waals surface area contributed by atoms with Crippen LogP contribution < -0.4 is 11.1 Å². The largest absolute Gasteiger partial charge is 0.391 e. The number of nitro benzene ring substituents is 1. The lowest BCUT2D eigenvalue weighted by atomic mass is 10.2. The zero-order valence-electron chi connectivity index (χ0n) is 8.12. The monoisotopic (exact) mass is 265 g/mol. The maximum Gasteiger partial charge on any atom is 0.315 e. The molecule has 1 aromatic rings. The van der Waals surface area contributed by atoms with Crippen molar-refractivity contribution in [1.82, 2.24) is 0 Å². The van der Waals surface area contributed by atoms with Gasteiger partial charge in [0.15, 0.2) is 0 Å². The zero-order valence-corrected chi connectivity index (χ0v) is 8.87. The summed E-state index contributed by atoms with van der Waals surface area (Å²) < 4.78 is 24.0. The van der Waals surface area contributed by atoms with E-state index in [-0.39, 0.29) is 10.7 Å². The fourth-order valence-corrected chi connectivity index (χ4v) is 1.26. The average Bonchev–Trinajstić information content (AvgIpc) is 2.22. The second-order valence-electron chi connectivity index (χ2n) is 2.93. The molecule has 92 valence electrons. The number of halogens is 3. The van der Waals surface area contributed by atoms with Crippen molar-refractivity contribution in [2.45, 2.75) is 6.43 Å².